The van der Waals surface area contributed by atoms with Crippen LogP contribution in [0.1, 0.15) is 11.3 Å². The number of benzene rings is 1. The monoisotopic (exact) mass is 629 g/mol. The van der Waals surface area contributed by atoms with Crippen LogP contribution in [-0.4, -0.2) is 45.5 Å². The fraction of sp³-hybridized carbons (Fsp3) is 0.320. The molecule has 4 aromatic rings. The van der Waals surface area contributed by atoms with E-state index in [-0.39, 0.29) is 51.9 Å². The molecule has 224 valence electrons. The summed E-state index contributed by atoms with van der Waals surface area (Å²) in [6.45, 7) is 1.05. The predicted octanol–water partition coefficient (Wildman–Crippen LogP) is 2.61. The Morgan fingerprint density at radius 1 is 1.19 bits per heavy atom. The molecule has 12 nitrogen and oxygen atoms in total. The summed E-state index contributed by atoms with van der Waals surface area (Å²) in [6, 6.07) is 3.57. The fourth-order valence-electron chi connectivity index (χ4n) is 4.07. The van der Waals surface area contributed by atoms with Crippen molar-refractivity contribution >= 4 is 45.9 Å². The number of nitrogens with zero attached hydrogens (tertiary/aromatic N) is 4. The van der Waals surface area contributed by atoms with Gasteiger partial charge in [-0.25, -0.2) is 4.79 Å². The Morgan fingerprint density at radius 2 is 1.90 bits per heavy atom. The number of ether oxygens (including phenoxy) is 2. The lowest BCUT2D eigenvalue weighted by Gasteiger charge is -2.13. The molecule has 17 heteroatoms. The molecule has 0 saturated heterocycles. The number of aryl methyl sites for hydroxylation is 2. The molecule has 3 heterocycles. The van der Waals surface area contributed by atoms with Crippen LogP contribution in [0.15, 0.2) is 42.6 Å². The van der Waals surface area contributed by atoms with Gasteiger partial charge in [0.05, 0.1) is 23.7 Å². The second kappa shape index (κ2) is 12.0. The second-order valence-corrected chi connectivity index (χ2v) is 10.1. The molecular formula is C25H23ClF3N5O7S. The van der Waals surface area contributed by atoms with Gasteiger partial charge in [-0.05, 0) is 32.2 Å². The number of halogens is 4. The van der Waals surface area contributed by atoms with Gasteiger partial charge in [0.15, 0.2) is 11.5 Å². The van der Waals surface area contributed by atoms with Gasteiger partial charge in [0.1, 0.15) is 16.9 Å². The molecule has 0 unspecified atom stereocenters. The molecule has 0 atom stereocenters. The number of furan rings is 1. The lowest BCUT2D eigenvalue weighted by Crippen LogP contribution is -2.36. The average molecular weight is 630 g/mol. The molecule has 0 aliphatic rings. The van der Waals surface area contributed by atoms with Crippen LogP contribution in [-0.2, 0) is 41.6 Å². The summed E-state index contributed by atoms with van der Waals surface area (Å²) in [7, 11) is 4.29. The Labute approximate surface area is 243 Å². The zero-order chi connectivity index (χ0) is 30.9. The lowest BCUT2D eigenvalue weighted by molar-refractivity contribution is -0.274. The largest absolute Gasteiger partial charge is 0.573 e. The third kappa shape index (κ3) is 6.34. The number of amides is 1. The second-order valence-electron chi connectivity index (χ2n) is 8.91. The van der Waals surface area contributed by atoms with Crippen LogP contribution in [0.5, 0.6) is 5.75 Å². The van der Waals surface area contributed by atoms with Gasteiger partial charge < -0.3 is 19.2 Å². The molecule has 0 fully saturated rings. The zero-order valence-electron chi connectivity index (χ0n) is 22.5. The van der Waals surface area contributed by atoms with Crippen molar-refractivity contribution < 1.29 is 36.7 Å². The van der Waals surface area contributed by atoms with E-state index in [0.717, 1.165) is 26.5 Å². The molecule has 1 amide bonds. The summed E-state index contributed by atoms with van der Waals surface area (Å²) >= 11 is 7.02. The minimum atomic E-state index is -4.95. The zero-order valence-corrected chi connectivity index (χ0v) is 24.1. The Kier molecular flexibility index (Phi) is 8.79. The van der Waals surface area contributed by atoms with Crippen LogP contribution < -0.4 is 26.1 Å². The molecule has 0 aliphatic carbocycles. The maximum absolute atomic E-state index is 13.1. The summed E-state index contributed by atoms with van der Waals surface area (Å²) < 4.78 is 56.3. The number of nitrogens with one attached hydrogen (secondary N) is 1. The quantitative estimate of drug-likeness (QED) is 0.294. The minimum Gasteiger partial charge on any atom is -0.444 e. The Balaban J connectivity index is 1.75. The molecule has 4 rings (SSSR count). The van der Waals surface area contributed by atoms with Crippen LogP contribution >= 0.6 is 22.9 Å². The molecule has 0 bridgehead atoms. The molecule has 0 spiro atoms. The van der Waals surface area contributed by atoms with Gasteiger partial charge in [0.25, 0.3) is 11.5 Å². The highest BCUT2D eigenvalue weighted by Gasteiger charge is 2.32. The molecular weight excluding hydrogens is 607 g/mol. The number of esters is 1. The summed E-state index contributed by atoms with van der Waals surface area (Å²) in [5, 5.41) is 3.93. The van der Waals surface area contributed by atoms with Crippen molar-refractivity contribution in [3.8, 4) is 17.0 Å². The number of hydrogen-bond acceptors (Lipinski definition) is 9. The molecule has 42 heavy (non-hydrogen) atoms. The van der Waals surface area contributed by atoms with Gasteiger partial charge in [-0.15, -0.1) is 24.5 Å². The first-order valence-corrected chi connectivity index (χ1v) is 13.3. The van der Waals surface area contributed by atoms with Crippen LogP contribution in [0.4, 0.5) is 13.2 Å². The maximum Gasteiger partial charge on any atom is 0.573 e. The first kappa shape index (κ1) is 30.8. The summed E-state index contributed by atoms with van der Waals surface area (Å²) in [5.74, 6) is -1.66. The van der Waals surface area contributed by atoms with E-state index in [2.05, 4.69) is 15.0 Å². The van der Waals surface area contributed by atoms with Crippen molar-refractivity contribution in [2.45, 2.75) is 26.4 Å². The first-order valence-electron chi connectivity index (χ1n) is 12.0. The van der Waals surface area contributed by atoms with Crippen molar-refractivity contribution in [3.63, 3.8) is 0 Å². The number of carbonyl (C=O) groups is 2. The van der Waals surface area contributed by atoms with Crippen LogP contribution in [0.25, 0.3) is 22.4 Å². The highest BCUT2D eigenvalue weighted by Crippen LogP contribution is 2.34. The van der Waals surface area contributed by atoms with E-state index >= 15 is 0 Å². The number of alkyl halides is 3. The lowest BCUT2D eigenvalue weighted by atomic mass is 10.1. The van der Waals surface area contributed by atoms with E-state index < -0.39 is 35.2 Å². The van der Waals surface area contributed by atoms with E-state index in [1.807, 2.05) is 0 Å². The van der Waals surface area contributed by atoms with Crippen molar-refractivity contribution in [3.05, 3.63) is 65.6 Å². The summed E-state index contributed by atoms with van der Waals surface area (Å²) in [5.41, 5.74) is -0.299. The Hall–Kier alpha value is -4.15. The highest BCUT2D eigenvalue weighted by molar-refractivity contribution is 7.07. The topological polar surface area (TPSA) is 139 Å². The van der Waals surface area contributed by atoms with E-state index in [9.17, 15) is 32.3 Å². The van der Waals surface area contributed by atoms with Crippen LogP contribution in [0.2, 0.25) is 5.02 Å². The number of likely N-dealkylation sites (N-methyl/N-ethyl adjacent to an activating group) is 1. The highest BCUT2D eigenvalue weighted by atomic mass is 35.5. The third-order valence-electron chi connectivity index (χ3n) is 6.06. The third-order valence-corrected chi connectivity index (χ3v) is 7.22. The molecule has 1 aromatic carbocycles. The van der Waals surface area contributed by atoms with Crippen molar-refractivity contribution in [2.24, 2.45) is 19.1 Å². The molecule has 0 radical (unpaired) electrons. The van der Waals surface area contributed by atoms with Crippen LogP contribution in [0.3, 0.4) is 0 Å². The number of thiazole rings is 1. The van der Waals surface area contributed by atoms with E-state index in [4.69, 9.17) is 20.8 Å². The standard InChI is InChI=1S/C25H23ClF3N5O7S/c1-12-14(20-21(37)32(3)24(38)33(4)22(20)40-12)8-18(35)31-23-34(11-39-19(36)9-30-2)16(10-42-23)13-5-6-17(15(26)7-13)41-25(27,28)29/h5-7,10,30H,8-9,11H2,1-4H3. The van der Waals surface area contributed by atoms with Gasteiger partial charge in [-0.2, -0.15) is 4.99 Å². The normalized spacial score (nSPS) is 12.2. The fourth-order valence-corrected chi connectivity index (χ4v) is 5.20. The number of hydrogen-bond donors (Lipinski definition) is 1. The Bertz CT molecular complexity index is 1880. The first-order chi connectivity index (χ1) is 19.7. The maximum atomic E-state index is 13.1. The Morgan fingerprint density at radius 3 is 2.55 bits per heavy atom. The van der Waals surface area contributed by atoms with Gasteiger partial charge in [0, 0.05) is 30.6 Å². The summed E-state index contributed by atoms with van der Waals surface area (Å²) in [6.07, 6.45) is -5.30. The molecule has 3 aromatic heterocycles. The number of fused-ring (bicyclic) bond motifs is 1. The van der Waals surface area contributed by atoms with Gasteiger partial charge >= 0.3 is 18.0 Å². The number of carbonyl (C=O) groups excluding carboxylic acids is 2. The molecule has 0 aliphatic heterocycles. The number of rotatable bonds is 8. The van der Waals surface area contributed by atoms with Crippen LogP contribution in [0, 0.1) is 6.92 Å². The van der Waals surface area contributed by atoms with Gasteiger partial charge in [-0.3, -0.25) is 28.1 Å². The summed E-state index contributed by atoms with van der Waals surface area (Å²) in [4.78, 5) is 54.5. The van der Waals surface area contributed by atoms with Gasteiger partial charge in [0.2, 0.25) is 5.71 Å². The average Bonchev–Trinajstić information content (AvgIpc) is 3.46. The predicted molar refractivity (Wildman–Crippen MR) is 145 cm³/mol. The van der Waals surface area contributed by atoms with E-state index in [1.165, 1.54) is 30.8 Å². The smallest absolute Gasteiger partial charge is 0.444 e. The minimum absolute atomic E-state index is 0.0168. The van der Waals surface area contributed by atoms with E-state index in [1.54, 1.807) is 19.4 Å². The SMILES string of the molecule is CNCC(=O)OCn1c(-c2ccc(OC(F)(F)F)c(Cl)c2)csc1=NC(=O)Cc1c(C)oc2c1c(=O)n(C)c(=O)n2C. The van der Waals surface area contributed by atoms with Gasteiger partial charge in [-0.1, -0.05) is 11.6 Å². The van der Waals surface area contributed by atoms with Crippen molar-refractivity contribution in [1.29, 1.82) is 0 Å². The number of aromatic nitrogens is 3. The molecule has 0 saturated carbocycles. The van der Waals surface area contributed by atoms with Crippen molar-refractivity contribution in [2.75, 3.05) is 13.6 Å². The molecule has 1 N–H and O–H groups in total. The van der Waals surface area contributed by atoms with Crippen molar-refractivity contribution in [1.82, 2.24) is 19.0 Å². The van der Waals surface area contributed by atoms with E-state index in [0.29, 0.717) is 11.3 Å².